The highest BCUT2D eigenvalue weighted by Crippen LogP contribution is 2.13. The molecule has 0 unspecified atom stereocenters. The van der Waals surface area contributed by atoms with Gasteiger partial charge in [0.1, 0.15) is 6.79 Å². The van der Waals surface area contributed by atoms with Crippen LogP contribution in [0.4, 0.5) is 0 Å². The normalized spacial score (nSPS) is 9.00. The highest BCUT2D eigenvalue weighted by atomic mass is 35.5. The van der Waals surface area contributed by atoms with Gasteiger partial charge in [0.05, 0.1) is 0 Å². The zero-order valence-corrected chi connectivity index (χ0v) is 23.0. The van der Waals surface area contributed by atoms with Gasteiger partial charge >= 0.3 is 8.84 Å². The van der Waals surface area contributed by atoms with E-state index in [0.29, 0.717) is 0 Å². The molecule has 186 valence electrons. The van der Waals surface area contributed by atoms with Crippen LogP contribution in [0, 0.1) is 0 Å². The van der Waals surface area contributed by atoms with E-state index < -0.39 is 8.84 Å². The summed E-state index contributed by atoms with van der Waals surface area (Å²) in [5, 5.41) is 3.59. The maximum Gasteiger partial charge on any atom is 0.548 e. The molecular formula is C24H56ClNO3Si. The fourth-order valence-electron chi connectivity index (χ4n) is 2.87. The van der Waals surface area contributed by atoms with Gasteiger partial charge in [-0.2, -0.15) is 0 Å². The topological polar surface area (TPSA) is 71.0 Å². The van der Waals surface area contributed by atoms with E-state index in [1.807, 2.05) is 27.6 Å². The van der Waals surface area contributed by atoms with Crippen LogP contribution < -0.4 is 17.8 Å². The zero-order chi connectivity index (χ0) is 23.0. The fraction of sp³-hybridized carbons (Fsp3) is 0.958. The van der Waals surface area contributed by atoms with E-state index in [0.717, 1.165) is 19.1 Å². The molecule has 0 heterocycles. The van der Waals surface area contributed by atoms with Gasteiger partial charge in [-0.3, -0.25) is 0 Å². The second kappa shape index (κ2) is 46.9. The third-order valence-corrected chi connectivity index (χ3v) is 5.51. The summed E-state index contributed by atoms with van der Waals surface area (Å²) in [6.45, 7) is 11.1. The van der Waals surface area contributed by atoms with Crippen molar-refractivity contribution in [1.82, 2.24) is 0 Å². The number of carbonyl (C=O) groups excluding carboxylic acids is 1. The van der Waals surface area contributed by atoms with Gasteiger partial charge in [-0.15, -0.1) is 0 Å². The van der Waals surface area contributed by atoms with Gasteiger partial charge in [-0.05, 0) is 13.3 Å². The first-order valence-electron chi connectivity index (χ1n) is 12.3. The number of rotatable bonds is 18. The molecule has 0 aliphatic heterocycles. The molecule has 0 saturated heterocycles. The van der Waals surface area contributed by atoms with Crippen molar-refractivity contribution in [2.45, 2.75) is 136 Å². The smallest absolute Gasteiger partial charge is 0.548 e. The van der Waals surface area contributed by atoms with Crippen molar-refractivity contribution in [3.63, 3.8) is 0 Å². The molecular weight excluding hydrogens is 414 g/mol. The Morgan fingerprint density at radius 2 is 0.900 bits per heavy atom. The van der Waals surface area contributed by atoms with Gasteiger partial charge in [-0.25, -0.2) is 0 Å². The molecule has 0 atom stereocenters. The molecule has 0 aromatic heterocycles. The maximum absolute atomic E-state index is 10.9. The lowest BCUT2D eigenvalue weighted by atomic mass is 10.0. The largest absolute Gasteiger partial charge is 1.00 e. The lowest BCUT2D eigenvalue weighted by Crippen LogP contribution is -3.00. The van der Waals surface area contributed by atoms with E-state index in [2.05, 4.69) is 17.1 Å². The fourth-order valence-corrected chi connectivity index (χ4v) is 3.51. The third kappa shape index (κ3) is 56.5. The molecule has 0 aliphatic rings. The Hall–Kier alpha value is -0.103. The highest BCUT2D eigenvalue weighted by molar-refractivity contribution is 6.30. The Balaban J connectivity index is -0.000000201. The van der Waals surface area contributed by atoms with Crippen molar-refractivity contribution in [3.8, 4) is 0 Å². The van der Waals surface area contributed by atoms with Crippen molar-refractivity contribution < 1.29 is 31.8 Å². The lowest BCUT2D eigenvalue weighted by molar-refractivity contribution is -0.200. The molecule has 30 heavy (non-hydrogen) atoms. The first-order chi connectivity index (χ1) is 14.2. The molecule has 0 aromatic carbocycles. The van der Waals surface area contributed by atoms with Crippen molar-refractivity contribution in [2.24, 2.45) is 0 Å². The molecule has 0 saturated carbocycles. The summed E-state index contributed by atoms with van der Waals surface area (Å²) in [6.07, 6.45) is 22.3. The van der Waals surface area contributed by atoms with Gasteiger partial charge in [-0.1, -0.05) is 117 Å². The minimum absolute atomic E-state index is 0. The molecule has 0 spiro atoms. The second-order valence-corrected chi connectivity index (χ2v) is 8.75. The average Bonchev–Trinajstić information content (AvgIpc) is 2.76. The molecule has 0 rings (SSSR count). The summed E-state index contributed by atoms with van der Waals surface area (Å²) < 4.78 is 15.4. The van der Waals surface area contributed by atoms with E-state index in [9.17, 15) is 4.46 Å². The Kier molecular flexibility index (Phi) is 63.0. The van der Waals surface area contributed by atoms with Crippen LogP contribution in [0.2, 0.25) is 6.04 Å². The van der Waals surface area contributed by atoms with E-state index in [1.54, 1.807) is 7.11 Å². The number of methoxy groups -OCH3 is 1. The van der Waals surface area contributed by atoms with Crippen LogP contribution in [0.25, 0.3) is 0 Å². The number of ether oxygens (including phenoxy) is 1. The van der Waals surface area contributed by atoms with E-state index in [-0.39, 0.29) is 12.4 Å². The monoisotopic (exact) mass is 469 g/mol. The van der Waals surface area contributed by atoms with Gasteiger partial charge in [0, 0.05) is 19.8 Å². The van der Waals surface area contributed by atoms with Crippen molar-refractivity contribution in [2.75, 3.05) is 13.7 Å². The number of quaternary nitrogens is 1. The Morgan fingerprint density at radius 1 is 0.667 bits per heavy atom. The summed E-state index contributed by atoms with van der Waals surface area (Å²) >= 11 is 0. The van der Waals surface area contributed by atoms with Gasteiger partial charge in [0.2, 0.25) is 0 Å². The molecule has 0 aromatic rings. The van der Waals surface area contributed by atoms with Gasteiger partial charge in [0.15, 0.2) is 0 Å². The van der Waals surface area contributed by atoms with Crippen LogP contribution >= 0.6 is 0 Å². The number of carbonyl (C=O) groups is 1. The third-order valence-electron chi connectivity index (χ3n) is 4.60. The van der Waals surface area contributed by atoms with E-state index in [1.165, 1.54) is 96.3 Å². The molecule has 6 heteroatoms. The molecule has 3 N–H and O–H groups in total. The van der Waals surface area contributed by atoms with Crippen LogP contribution in [0.3, 0.4) is 0 Å². The van der Waals surface area contributed by atoms with Crippen LogP contribution in [0.5, 0.6) is 0 Å². The minimum Gasteiger partial charge on any atom is -1.00 e. The molecule has 0 aliphatic carbocycles. The first-order valence-corrected chi connectivity index (χ1v) is 14.1. The van der Waals surface area contributed by atoms with E-state index >= 15 is 0 Å². The zero-order valence-electron chi connectivity index (χ0n) is 21.2. The Morgan fingerprint density at radius 3 is 1.10 bits per heavy atom. The van der Waals surface area contributed by atoms with Crippen LogP contribution in [0.1, 0.15) is 130 Å². The lowest BCUT2D eigenvalue weighted by Gasteiger charge is -2.03. The molecule has 4 nitrogen and oxygen atoms in total. The molecule has 0 fully saturated rings. The Bertz CT molecular complexity index is 271. The minimum atomic E-state index is -1.45. The molecule has 0 bridgehead atoms. The van der Waals surface area contributed by atoms with E-state index in [4.69, 9.17) is 4.79 Å². The van der Waals surface area contributed by atoms with Crippen LogP contribution in [-0.2, 0) is 14.0 Å². The highest BCUT2D eigenvalue weighted by Gasteiger charge is 2.03. The molecule has 0 radical (unpaired) electrons. The summed E-state index contributed by atoms with van der Waals surface area (Å²) in [6, 6.07) is 0.864. The number of hydrogen-bond donors (Lipinski definition) is 1. The van der Waals surface area contributed by atoms with Crippen LogP contribution in [0.15, 0.2) is 0 Å². The van der Waals surface area contributed by atoms with Gasteiger partial charge < -0.3 is 31.8 Å². The SMILES string of the molecule is C=O.CC.CCCCCCCCCCCCCCCCCC[Si]([NH3+])=O.CCOC.[Cl-]. The predicted molar refractivity (Wildman–Crippen MR) is 130 cm³/mol. The number of unbranched alkanes of at least 4 members (excludes halogenated alkanes) is 15. The number of hydrogen-bond acceptors (Lipinski definition) is 3. The van der Waals surface area contributed by atoms with Crippen molar-refractivity contribution in [1.29, 1.82) is 0 Å². The van der Waals surface area contributed by atoms with Crippen molar-refractivity contribution >= 4 is 15.6 Å². The quantitative estimate of drug-likeness (QED) is 0.244. The van der Waals surface area contributed by atoms with Crippen LogP contribution in [-0.4, -0.2) is 29.4 Å². The summed E-state index contributed by atoms with van der Waals surface area (Å²) in [5.74, 6) is 0. The maximum atomic E-state index is 10.9. The van der Waals surface area contributed by atoms with Crippen molar-refractivity contribution in [3.05, 3.63) is 0 Å². The average molecular weight is 470 g/mol. The summed E-state index contributed by atoms with van der Waals surface area (Å²) in [4.78, 5) is 8.00. The second-order valence-electron chi connectivity index (χ2n) is 7.17. The predicted octanol–water partition coefficient (Wildman–Crippen LogP) is 3.91. The van der Waals surface area contributed by atoms with Gasteiger partial charge in [0.25, 0.3) is 0 Å². The standard InChI is InChI=1S/C18H40NOSi.C3H8O.C2H6.CH2O.ClH/c1-2-3-4-5-6-7-8-9-10-11-12-13-14-15-16-17-18-21(19)20;1-3-4-2;2*1-2;/h2-18H2,1,19H3;3H2,1-2H3;1-2H3;1H2;1H/q+1;;;;/p-1. The summed E-state index contributed by atoms with van der Waals surface area (Å²) in [7, 11) is 0.227. The summed E-state index contributed by atoms with van der Waals surface area (Å²) in [5.41, 5.74) is 0. The molecule has 0 amide bonds. The number of halogens is 1. The first kappa shape index (κ1) is 40.3. The Labute approximate surface area is 197 Å².